The predicted molar refractivity (Wildman–Crippen MR) is 76.1 cm³/mol. The Kier molecular flexibility index (Phi) is 4.90. The lowest BCUT2D eigenvalue weighted by Gasteiger charge is -2.16. The zero-order valence-electron chi connectivity index (χ0n) is 11.9. The molecule has 1 aromatic heterocycles. The van der Waals surface area contributed by atoms with Crippen LogP contribution in [0.4, 0.5) is 13.2 Å². The fourth-order valence-corrected chi connectivity index (χ4v) is 3.22. The van der Waals surface area contributed by atoms with Crippen molar-refractivity contribution in [2.75, 3.05) is 0 Å². The summed E-state index contributed by atoms with van der Waals surface area (Å²) in [7, 11) is -4.23. The Balaban J connectivity index is 2.30. The summed E-state index contributed by atoms with van der Waals surface area (Å²) in [6, 6.07) is 8.75. The van der Waals surface area contributed by atoms with Gasteiger partial charge in [-0.15, -0.1) is 13.2 Å². The van der Waals surface area contributed by atoms with Gasteiger partial charge in [-0.25, -0.2) is 13.1 Å². The zero-order valence-corrected chi connectivity index (χ0v) is 12.7. The number of para-hydroxylation sites is 1. The molecule has 0 saturated carbocycles. The predicted octanol–water partition coefficient (Wildman–Crippen LogP) is 3.02. The van der Waals surface area contributed by atoms with Crippen molar-refractivity contribution in [3.63, 3.8) is 0 Å². The molecular formula is C14H13F3N2O3S. The van der Waals surface area contributed by atoms with Crippen LogP contribution in [0.3, 0.4) is 0 Å². The van der Waals surface area contributed by atoms with Crippen molar-refractivity contribution in [1.29, 1.82) is 0 Å². The lowest BCUT2D eigenvalue weighted by Crippen LogP contribution is -2.28. The molecule has 2 aromatic rings. The van der Waals surface area contributed by atoms with Crippen LogP contribution < -0.4 is 9.46 Å². The van der Waals surface area contributed by atoms with Crippen molar-refractivity contribution >= 4 is 10.0 Å². The van der Waals surface area contributed by atoms with Gasteiger partial charge < -0.3 is 4.74 Å². The molecule has 0 fully saturated rings. The number of aromatic nitrogens is 1. The third-order valence-electron chi connectivity index (χ3n) is 2.83. The Morgan fingerprint density at radius 3 is 2.39 bits per heavy atom. The van der Waals surface area contributed by atoms with Gasteiger partial charge in [-0.05, 0) is 31.2 Å². The van der Waals surface area contributed by atoms with Crippen LogP contribution in [0.1, 0.15) is 18.7 Å². The number of sulfonamides is 1. The second-order valence-electron chi connectivity index (χ2n) is 4.59. The number of nitrogens with zero attached hydrogens (tertiary/aromatic N) is 1. The van der Waals surface area contributed by atoms with Crippen LogP contribution in [0.15, 0.2) is 53.6 Å². The number of hydrogen-bond donors (Lipinski definition) is 1. The molecule has 0 aliphatic carbocycles. The third-order valence-corrected chi connectivity index (χ3v) is 4.41. The molecular weight excluding hydrogens is 333 g/mol. The maximum Gasteiger partial charge on any atom is 0.573 e. The number of alkyl halides is 3. The summed E-state index contributed by atoms with van der Waals surface area (Å²) in [6.45, 7) is 1.53. The van der Waals surface area contributed by atoms with E-state index >= 15 is 0 Å². The summed E-state index contributed by atoms with van der Waals surface area (Å²) in [5, 5.41) is 0. The van der Waals surface area contributed by atoms with E-state index in [9.17, 15) is 21.6 Å². The first-order valence-corrected chi connectivity index (χ1v) is 7.95. The highest BCUT2D eigenvalue weighted by Gasteiger charge is 2.34. The van der Waals surface area contributed by atoms with Gasteiger partial charge in [-0.2, -0.15) is 0 Å². The van der Waals surface area contributed by atoms with Crippen LogP contribution in [0.5, 0.6) is 5.75 Å². The Labute approximate surface area is 131 Å². The smallest absolute Gasteiger partial charge is 0.404 e. The van der Waals surface area contributed by atoms with Crippen molar-refractivity contribution in [1.82, 2.24) is 9.71 Å². The van der Waals surface area contributed by atoms with Crippen LogP contribution >= 0.6 is 0 Å². The van der Waals surface area contributed by atoms with Gasteiger partial charge in [-0.1, -0.05) is 18.2 Å². The van der Waals surface area contributed by atoms with E-state index in [0.29, 0.717) is 5.69 Å². The molecule has 0 unspecified atom stereocenters. The van der Waals surface area contributed by atoms with Gasteiger partial charge in [0.15, 0.2) is 0 Å². The molecule has 0 saturated heterocycles. The van der Waals surface area contributed by atoms with Gasteiger partial charge in [0.05, 0.1) is 11.7 Å². The van der Waals surface area contributed by atoms with Crippen LogP contribution in [0.2, 0.25) is 0 Å². The molecule has 2 rings (SSSR count). The van der Waals surface area contributed by atoms with E-state index in [2.05, 4.69) is 14.4 Å². The largest absolute Gasteiger partial charge is 0.573 e. The zero-order chi connectivity index (χ0) is 17.1. The molecule has 23 heavy (non-hydrogen) atoms. The molecule has 5 nitrogen and oxygen atoms in total. The average molecular weight is 346 g/mol. The van der Waals surface area contributed by atoms with Crippen molar-refractivity contribution in [3.8, 4) is 5.75 Å². The van der Waals surface area contributed by atoms with E-state index in [1.165, 1.54) is 25.3 Å². The molecule has 0 aliphatic rings. The standard InChI is InChI=1S/C14H13F3N2O3S/c1-10(11-6-4-5-9-18-11)19-23(20,21)13-8-3-2-7-12(13)22-14(15,16)17/h2-10,19H,1H3/t10-/m1/s1. The Morgan fingerprint density at radius 2 is 1.78 bits per heavy atom. The highest BCUT2D eigenvalue weighted by atomic mass is 32.2. The van der Waals surface area contributed by atoms with E-state index in [1.54, 1.807) is 18.2 Å². The fraction of sp³-hybridized carbons (Fsp3) is 0.214. The summed E-state index contributed by atoms with van der Waals surface area (Å²) in [4.78, 5) is 3.40. The average Bonchev–Trinajstić information content (AvgIpc) is 2.46. The van der Waals surface area contributed by atoms with Crippen LogP contribution in [0, 0.1) is 0 Å². The Hall–Kier alpha value is -2.13. The molecule has 0 aliphatic heterocycles. The van der Waals surface area contributed by atoms with Crippen molar-refractivity contribution < 1.29 is 26.3 Å². The minimum atomic E-state index is -4.99. The topological polar surface area (TPSA) is 68.3 Å². The van der Waals surface area contributed by atoms with E-state index in [0.717, 1.165) is 12.1 Å². The van der Waals surface area contributed by atoms with E-state index in [-0.39, 0.29) is 0 Å². The maximum atomic E-state index is 12.4. The summed E-state index contributed by atoms with van der Waals surface area (Å²) in [5.74, 6) is -0.791. The second kappa shape index (κ2) is 6.55. The SMILES string of the molecule is C[C@@H](NS(=O)(=O)c1ccccc1OC(F)(F)F)c1ccccn1. The molecule has 9 heteroatoms. The molecule has 1 aromatic carbocycles. The number of halogens is 3. The van der Waals surface area contributed by atoms with Crippen molar-refractivity contribution in [2.45, 2.75) is 24.2 Å². The first kappa shape index (κ1) is 17.2. The fourth-order valence-electron chi connectivity index (χ4n) is 1.87. The van der Waals surface area contributed by atoms with Crippen molar-refractivity contribution in [2.24, 2.45) is 0 Å². The first-order chi connectivity index (χ1) is 10.7. The quantitative estimate of drug-likeness (QED) is 0.904. The van der Waals surface area contributed by atoms with E-state index < -0.39 is 33.1 Å². The lowest BCUT2D eigenvalue weighted by atomic mass is 10.2. The van der Waals surface area contributed by atoms with Gasteiger partial charge in [-0.3, -0.25) is 4.98 Å². The van der Waals surface area contributed by atoms with Gasteiger partial charge in [0.1, 0.15) is 10.6 Å². The molecule has 124 valence electrons. The number of rotatable bonds is 5. The molecule has 1 N–H and O–H groups in total. The minimum absolute atomic E-state index is 0.435. The highest BCUT2D eigenvalue weighted by molar-refractivity contribution is 7.89. The number of hydrogen-bond acceptors (Lipinski definition) is 4. The Morgan fingerprint density at radius 1 is 1.13 bits per heavy atom. The number of nitrogens with one attached hydrogen (secondary N) is 1. The lowest BCUT2D eigenvalue weighted by molar-refractivity contribution is -0.275. The molecule has 1 heterocycles. The summed E-state index contributed by atoms with van der Waals surface area (Å²) >= 11 is 0. The van der Waals surface area contributed by atoms with Crippen molar-refractivity contribution in [3.05, 3.63) is 54.4 Å². The van der Waals surface area contributed by atoms with Gasteiger partial charge in [0.25, 0.3) is 0 Å². The number of ether oxygens (including phenoxy) is 1. The summed E-state index contributed by atoms with van der Waals surface area (Å²) < 4.78 is 67.9. The number of benzene rings is 1. The normalized spacial score (nSPS) is 13.6. The van der Waals surface area contributed by atoms with Gasteiger partial charge in [0.2, 0.25) is 10.0 Å². The maximum absolute atomic E-state index is 12.4. The molecule has 0 radical (unpaired) electrons. The van der Waals surface area contributed by atoms with Crippen LogP contribution in [-0.2, 0) is 10.0 Å². The number of pyridine rings is 1. The summed E-state index contributed by atoms with van der Waals surface area (Å²) in [6.07, 6.45) is -3.50. The molecule has 0 spiro atoms. The summed E-state index contributed by atoms with van der Waals surface area (Å²) in [5.41, 5.74) is 0.435. The van der Waals surface area contributed by atoms with E-state index in [1.807, 2.05) is 0 Å². The third kappa shape index (κ3) is 4.67. The van der Waals surface area contributed by atoms with Gasteiger partial charge >= 0.3 is 6.36 Å². The molecule has 1 atom stereocenters. The molecule has 0 amide bonds. The van der Waals surface area contributed by atoms with Crippen LogP contribution in [-0.4, -0.2) is 19.8 Å². The van der Waals surface area contributed by atoms with Gasteiger partial charge in [0, 0.05) is 6.20 Å². The first-order valence-electron chi connectivity index (χ1n) is 6.47. The van der Waals surface area contributed by atoms with Crippen LogP contribution in [0.25, 0.3) is 0 Å². The highest BCUT2D eigenvalue weighted by Crippen LogP contribution is 2.30. The van der Waals surface area contributed by atoms with E-state index in [4.69, 9.17) is 0 Å². The minimum Gasteiger partial charge on any atom is -0.404 e. The monoisotopic (exact) mass is 346 g/mol. The Bertz CT molecular complexity index is 764. The molecule has 0 bridgehead atoms. The second-order valence-corrected chi connectivity index (χ2v) is 6.27.